The van der Waals surface area contributed by atoms with Crippen molar-refractivity contribution in [3.63, 3.8) is 0 Å². The molecule has 0 aliphatic carbocycles. The van der Waals surface area contributed by atoms with Gasteiger partial charge in [-0.1, -0.05) is 6.92 Å². The number of phenolic OH excluding ortho intramolecular Hbond substituents is 1. The lowest BCUT2D eigenvalue weighted by Crippen LogP contribution is -2.14. The normalized spacial score (nSPS) is 11.1. The number of rotatable bonds is 18. The number of phenols is 1. The van der Waals surface area contributed by atoms with Crippen molar-refractivity contribution in [3.8, 4) is 27.7 Å². The van der Waals surface area contributed by atoms with Crippen LogP contribution in [0, 0.1) is 0 Å². The maximum absolute atomic E-state index is 13.8. The molecule has 1 heterocycles. The number of Topliss-reactive ketones (excluding diaryl/α,β-unsaturated/α-hetero) is 1. The summed E-state index contributed by atoms with van der Waals surface area (Å²) < 4.78 is 28.3. The van der Waals surface area contributed by atoms with Crippen LogP contribution in [0.5, 0.6) is 17.2 Å². The molecule has 0 radical (unpaired) electrons. The van der Waals surface area contributed by atoms with Crippen molar-refractivity contribution in [1.29, 1.82) is 0 Å². The van der Waals surface area contributed by atoms with Crippen LogP contribution in [-0.2, 0) is 19.0 Å². The maximum atomic E-state index is 13.8. The van der Waals surface area contributed by atoms with Crippen LogP contribution in [0.1, 0.15) is 35.7 Å². The van der Waals surface area contributed by atoms with Gasteiger partial charge in [-0.05, 0) is 78.7 Å². The molecule has 0 unspecified atom stereocenters. The second-order valence-corrected chi connectivity index (χ2v) is 10.5. The second-order valence-electron chi connectivity index (χ2n) is 9.48. The summed E-state index contributed by atoms with van der Waals surface area (Å²) in [6, 6.07) is 19.6. The maximum Gasteiger partial charge on any atom is 0.195 e. The minimum Gasteiger partial charge on any atom is -0.508 e. The molecule has 0 spiro atoms. The zero-order valence-corrected chi connectivity index (χ0v) is 24.7. The van der Waals surface area contributed by atoms with Gasteiger partial charge in [0.15, 0.2) is 11.6 Å². The summed E-state index contributed by atoms with van der Waals surface area (Å²) in [6.07, 6.45) is 1.38. The van der Waals surface area contributed by atoms with Gasteiger partial charge in [0.2, 0.25) is 0 Å². The van der Waals surface area contributed by atoms with Gasteiger partial charge in [-0.2, -0.15) is 0 Å². The number of benzene rings is 3. The third kappa shape index (κ3) is 8.62. The zero-order chi connectivity index (χ0) is 29.7. The van der Waals surface area contributed by atoms with E-state index in [0.717, 1.165) is 32.7 Å². The van der Waals surface area contributed by atoms with Crippen molar-refractivity contribution in [2.24, 2.45) is 0 Å². The lowest BCUT2D eigenvalue weighted by Gasteiger charge is -2.09. The number of ether oxygens (including phenoxy) is 5. The third-order valence-electron chi connectivity index (χ3n) is 6.40. The fourth-order valence-electron chi connectivity index (χ4n) is 4.29. The van der Waals surface area contributed by atoms with Crippen LogP contribution in [-0.4, -0.2) is 70.0 Å². The highest BCUT2D eigenvalue weighted by molar-refractivity contribution is 7.22. The molecular formula is C33H36O8S. The Morgan fingerprint density at radius 3 is 2.10 bits per heavy atom. The van der Waals surface area contributed by atoms with E-state index in [-0.39, 0.29) is 23.9 Å². The Morgan fingerprint density at radius 1 is 0.786 bits per heavy atom. The average molecular weight is 593 g/mol. The quantitative estimate of drug-likeness (QED) is 0.106. The standard InChI is InChI=1S/C33H36O8S/c1-3-4-26(35)22-40-18-17-38-15-16-39-19-20-41-27-11-7-23(8-12-27)32(36)31-29-14-13-28(37-2)21-30(29)42-33(31)24-5-9-25(34)10-6-24/h5-14,21,34H,3-4,15-20,22H2,1-2H3. The van der Waals surface area contributed by atoms with Gasteiger partial charge in [0.05, 0.1) is 40.1 Å². The molecule has 0 bridgehead atoms. The van der Waals surface area contributed by atoms with Crippen molar-refractivity contribution < 1.29 is 38.4 Å². The van der Waals surface area contributed by atoms with E-state index in [1.165, 1.54) is 11.3 Å². The fraction of sp³-hybridized carbons (Fsp3) is 0.333. The molecule has 4 rings (SSSR count). The van der Waals surface area contributed by atoms with Crippen molar-refractivity contribution in [2.75, 3.05) is 53.4 Å². The summed E-state index contributed by atoms with van der Waals surface area (Å²) >= 11 is 1.52. The van der Waals surface area contributed by atoms with E-state index >= 15 is 0 Å². The van der Waals surface area contributed by atoms with Gasteiger partial charge < -0.3 is 28.8 Å². The first-order valence-corrected chi connectivity index (χ1v) is 14.7. The first-order valence-electron chi connectivity index (χ1n) is 13.9. The summed E-state index contributed by atoms with van der Waals surface area (Å²) in [6.45, 7) is 4.51. The lowest BCUT2D eigenvalue weighted by molar-refractivity contribution is -0.124. The molecule has 8 nitrogen and oxygen atoms in total. The summed E-state index contributed by atoms with van der Waals surface area (Å²) in [4.78, 5) is 26.0. The molecule has 222 valence electrons. The summed E-state index contributed by atoms with van der Waals surface area (Å²) in [5, 5.41) is 10.6. The molecule has 0 saturated carbocycles. The molecule has 42 heavy (non-hydrogen) atoms. The number of carbonyl (C=O) groups is 2. The van der Waals surface area contributed by atoms with Crippen molar-refractivity contribution in [3.05, 3.63) is 77.9 Å². The monoisotopic (exact) mass is 592 g/mol. The van der Waals surface area contributed by atoms with Gasteiger partial charge in [0.25, 0.3) is 0 Å². The van der Waals surface area contributed by atoms with Gasteiger partial charge in [-0.3, -0.25) is 9.59 Å². The van der Waals surface area contributed by atoms with Crippen LogP contribution in [0.15, 0.2) is 66.7 Å². The second kappa shape index (κ2) is 16.0. The van der Waals surface area contributed by atoms with E-state index in [4.69, 9.17) is 23.7 Å². The Labute approximate surface area is 249 Å². The third-order valence-corrected chi connectivity index (χ3v) is 7.60. The van der Waals surface area contributed by atoms with Gasteiger partial charge in [0.1, 0.15) is 30.5 Å². The lowest BCUT2D eigenvalue weighted by atomic mass is 9.97. The molecule has 1 N–H and O–H groups in total. The predicted octanol–water partition coefficient (Wildman–Crippen LogP) is 6.31. The smallest absolute Gasteiger partial charge is 0.195 e. The molecule has 0 aliphatic heterocycles. The number of aromatic hydroxyl groups is 1. The first-order chi connectivity index (χ1) is 20.5. The molecule has 0 amide bonds. The van der Waals surface area contributed by atoms with Gasteiger partial charge in [-0.25, -0.2) is 0 Å². The molecule has 3 aromatic carbocycles. The predicted molar refractivity (Wildman–Crippen MR) is 163 cm³/mol. The molecule has 0 aliphatic rings. The highest BCUT2D eigenvalue weighted by Crippen LogP contribution is 2.41. The number of fused-ring (bicyclic) bond motifs is 1. The van der Waals surface area contributed by atoms with E-state index in [2.05, 4.69) is 0 Å². The number of hydrogen-bond donors (Lipinski definition) is 1. The van der Waals surface area contributed by atoms with Crippen molar-refractivity contribution >= 4 is 33.0 Å². The molecular weight excluding hydrogens is 556 g/mol. The molecule has 9 heteroatoms. The Balaban J connectivity index is 1.27. The number of hydrogen-bond acceptors (Lipinski definition) is 9. The van der Waals surface area contributed by atoms with Crippen LogP contribution in [0.25, 0.3) is 20.5 Å². The topological polar surface area (TPSA) is 101 Å². The van der Waals surface area contributed by atoms with Crippen LogP contribution >= 0.6 is 11.3 Å². The van der Waals surface area contributed by atoms with Crippen LogP contribution < -0.4 is 9.47 Å². The van der Waals surface area contributed by atoms with E-state index in [1.54, 1.807) is 43.5 Å². The SMILES string of the molecule is CCCC(=O)COCCOCCOCCOc1ccc(C(=O)c2c(-c3ccc(O)cc3)sc3cc(OC)ccc23)cc1. The van der Waals surface area contributed by atoms with E-state index < -0.39 is 0 Å². The average Bonchev–Trinajstić information content (AvgIpc) is 3.39. The minimum atomic E-state index is -0.0951. The minimum absolute atomic E-state index is 0.0951. The fourth-order valence-corrected chi connectivity index (χ4v) is 5.52. The Hall–Kier alpha value is -3.76. The van der Waals surface area contributed by atoms with Crippen LogP contribution in [0.3, 0.4) is 0 Å². The first kappa shape index (κ1) is 31.2. The molecule has 0 atom stereocenters. The van der Waals surface area contributed by atoms with Crippen molar-refractivity contribution in [1.82, 2.24) is 0 Å². The Kier molecular flexibility index (Phi) is 11.9. The van der Waals surface area contributed by atoms with Gasteiger partial charge >= 0.3 is 0 Å². The van der Waals surface area contributed by atoms with Gasteiger partial charge in [0, 0.05) is 32.5 Å². The van der Waals surface area contributed by atoms with E-state index in [1.807, 2.05) is 37.3 Å². The zero-order valence-electron chi connectivity index (χ0n) is 23.9. The Morgan fingerprint density at radius 2 is 1.43 bits per heavy atom. The van der Waals surface area contributed by atoms with Gasteiger partial charge in [-0.15, -0.1) is 11.3 Å². The van der Waals surface area contributed by atoms with E-state index in [9.17, 15) is 14.7 Å². The van der Waals surface area contributed by atoms with E-state index in [0.29, 0.717) is 62.9 Å². The highest BCUT2D eigenvalue weighted by Gasteiger charge is 2.22. The van der Waals surface area contributed by atoms with Crippen LogP contribution in [0.2, 0.25) is 0 Å². The van der Waals surface area contributed by atoms with Crippen LogP contribution in [0.4, 0.5) is 0 Å². The Bertz CT molecular complexity index is 1440. The number of ketones is 2. The highest BCUT2D eigenvalue weighted by atomic mass is 32.1. The van der Waals surface area contributed by atoms with Crippen molar-refractivity contribution in [2.45, 2.75) is 19.8 Å². The molecule has 4 aromatic rings. The molecule has 1 aromatic heterocycles. The molecule has 0 fully saturated rings. The summed E-state index contributed by atoms with van der Waals surface area (Å²) in [5.41, 5.74) is 2.02. The molecule has 0 saturated heterocycles. The largest absolute Gasteiger partial charge is 0.508 e. The number of carbonyl (C=O) groups excluding carboxylic acids is 2. The number of thiophene rings is 1. The number of methoxy groups -OCH3 is 1. The summed E-state index contributed by atoms with van der Waals surface area (Å²) in [7, 11) is 1.62. The summed E-state index contributed by atoms with van der Waals surface area (Å²) in [5.74, 6) is 1.54.